The molecule has 0 amide bonds. The molecule has 0 heterocycles. The monoisotopic (exact) mass is 94.0 g/mol. The number of hydrogen-bond donors (Lipinski definition) is 0. The van der Waals surface area contributed by atoms with Crippen LogP contribution in [0.25, 0.3) is 0 Å². The maximum Gasteiger partial charge on any atom is -0.0149 e. The predicted octanol–water partition coefficient (Wildman–Crippen LogP) is -3.04. The summed E-state index contributed by atoms with van der Waals surface area (Å²) in [6.45, 7) is 0. The second kappa shape index (κ2) is 85.2. The van der Waals surface area contributed by atoms with Crippen molar-refractivity contribution in [2.45, 2.75) is 0 Å². The minimum absolute atomic E-state index is 0. The van der Waals surface area contributed by atoms with Gasteiger partial charge in [0, 0.05) is 0 Å². The summed E-state index contributed by atoms with van der Waals surface area (Å²) in [6.07, 6.45) is 0. The Morgan fingerprint density at radius 2 is 1.25 bits per heavy atom. The minimum atomic E-state index is 0. The Hall–Kier alpha value is 0.509. The van der Waals surface area contributed by atoms with Crippen molar-refractivity contribution in [1.82, 2.24) is 0 Å². The third kappa shape index (κ3) is 22.0. The summed E-state index contributed by atoms with van der Waals surface area (Å²) in [7, 11) is 0. The van der Waals surface area contributed by atoms with E-state index in [-0.39, 0.29) is 16.4 Å². The smallest absolute Gasteiger partial charge is 0.0149 e. The zero-order valence-corrected chi connectivity index (χ0v) is 3.03. The molecule has 0 aromatic carbocycles. The van der Waals surface area contributed by atoms with Crippen molar-refractivity contribution in [1.29, 1.82) is 0 Å². The molecule has 0 aliphatic carbocycles. The summed E-state index contributed by atoms with van der Waals surface area (Å²) >= 11 is 0.611. The van der Waals surface area contributed by atoms with Gasteiger partial charge in [-0.25, -0.2) is 0 Å². The van der Waals surface area contributed by atoms with E-state index in [1.807, 2.05) is 0 Å². The van der Waals surface area contributed by atoms with Gasteiger partial charge in [0.05, 0.1) is 0 Å². The van der Waals surface area contributed by atoms with Gasteiger partial charge in [0.2, 0.25) is 0 Å². The van der Waals surface area contributed by atoms with Crippen LogP contribution in [0.5, 0.6) is 0 Å². The molecule has 0 aromatic rings. The Labute approximate surface area is 37.2 Å². The zero-order chi connectivity index (χ0) is 2.00. The van der Waals surface area contributed by atoms with Crippen molar-refractivity contribution < 1.29 is 9.28 Å². The molecule has 0 aliphatic rings. The van der Waals surface area contributed by atoms with E-state index in [1.54, 1.807) is 0 Å². The first-order chi connectivity index (χ1) is 1.00. The number of rotatable bonds is 0. The van der Waals surface area contributed by atoms with Crippen molar-refractivity contribution in [3.8, 4) is 0 Å². The van der Waals surface area contributed by atoms with Crippen LogP contribution in [0.4, 0.5) is 0 Å². The molecule has 0 aliphatic heterocycles. The fraction of sp³-hybridized carbons (Fsp3) is 0. The normalized spacial score (nSPS) is 0.750. The molecule has 0 rings (SSSR count). The van der Waals surface area contributed by atoms with Crippen LogP contribution in [-0.2, 0) is 3.80 Å². The quantitative estimate of drug-likeness (QED) is 0.294. The molecule has 2 N–H and O–H groups in total. The first-order valence-corrected chi connectivity index (χ1v) is 0.866. The molecule has 4 heavy (non-hydrogen) atoms. The van der Waals surface area contributed by atoms with Crippen molar-refractivity contribution >= 4 is 27.2 Å². The molecule has 26 valence electrons. The van der Waals surface area contributed by atoms with E-state index in [0.717, 1.165) is 0 Å². The van der Waals surface area contributed by atoms with Crippen LogP contribution >= 0.6 is 0 Å². The van der Waals surface area contributed by atoms with Crippen LogP contribution in [0, 0.1) is 0 Å². The number of hydrogen-bond acceptors (Lipinski definition) is 1. The molecular weight excluding hydrogens is 87.1 g/mol. The van der Waals surface area contributed by atoms with Crippen LogP contribution in [0.2, 0.25) is 0 Å². The zero-order valence-electron chi connectivity index (χ0n) is 1.62. The van der Waals surface area contributed by atoms with E-state index in [1.165, 1.54) is 0 Å². The van der Waals surface area contributed by atoms with Gasteiger partial charge in [0.25, 0.3) is 0 Å². The van der Waals surface area contributed by atoms with Gasteiger partial charge in [-0.3, -0.25) is 0 Å². The van der Waals surface area contributed by atoms with E-state index in [9.17, 15) is 0 Å². The van der Waals surface area contributed by atoms with E-state index in [4.69, 9.17) is 3.80 Å². The maximum absolute atomic E-state index is 8.28. The Kier molecular flexibility index (Phi) is 519. The predicted molar refractivity (Wildman–Crippen MR) is 22.8 cm³/mol. The molecule has 0 saturated carbocycles. The molecule has 0 aromatic heterocycles. The Balaban J connectivity index is -0.00000000500. The van der Waals surface area contributed by atoms with E-state index in [0.29, 0.717) is 16.2 Å². The maximum atomic E-state index is 8.28. The van der Waals surface area contributed by atoms with Crippen molar-refractivity contribution in [3.63, 3.8) is 0 Å². The molecule has 4 heteroatoms. The molecule has 0 spiro atoms. The molecular formula is H7AlO2Si. The summed E-state index contributed by atoms with van der Waals surface area (Å²) < 4.78 is 8.28. The van der Waals surface area contributed by atoms with Gasteiger partial charge < -0.3 is 5.48 Å². The second-order valence-electron chi connectivity index (χ2n) is 0. The Bertz CT molecular complexity index is 6.00. The van der Waals surface area contributed by atoms with Crippen molar-refractivity contribution in [2.24, 2.45) is 0 Å². The molecule has 0 radical (unpaired) electrons. The van der Waals surface area contributed by atoms with Crippen LogP contribution in [0.15, 0.2) is 0 Å². The van der Waals surface area contributed by atoms with Gasteiger partial charge in [-0.1, -0.05) is 0 Å². The fourth-order valence-corrected chi connectivity index (χ4v) is 0. The Morgan fingerprint density at radius 1 is 1.25 bits per heavy atom. The SMILES string of the molecule is O.[O]=[AlH].[SiH4]. The largest absolute Gasteiger partial charge is 0.0149 e. The minimum Gasteiger partial charge on any atom is -0.0149 e. The van der Waals surface area contributed by atoms with Crippen molar-refractivity contribution in [3.05, 3.63) is 0 Å². The van der Waals surface area contributed by atoms with Gasteiger partial charge in [-0.15, -0.1) is 0 Å². The first-order valence-electron chi connectivity index (χ1n) is 0.289. The average molecular weight is 94.1 g/mol. The summed E-state index contributed by atoms with van der Waals surface area (Å²) in [5, 5.41) is 0. The van der Waals surface area contributed by atoms with Gasteiger partial charge in [0.1, 0.15) is 0 Å². The van der Waals surface area contributed by atoms with E-state index in [2.05, 4.69) is 0 Å². The molecule has 2 nitrogen and oxygen atoms in total. The van der Waals surface area contributed by atoms with Gasteiger partial charge in [-0.05, 0) is 11.0 Å². The molecule has 0 unspecified atom stereocenters. The van der Waals surface area contributed by atoms with Gasteiger partial charge in [-0.2, -0.15) is 0 Å². The van der Waals surface area contributed by atoms with E-state index >= 15 is 0 Å². The van der Waals surface area contributed by atoms with Crippen LogP contribution in [0.3, 0.4) is 0 Å². The third-order valence-electron chi connectivity index (χ3n) is 0. The fourth-order valence-electron chi connectivity index (χ4n) is 0. The molecule has 0 bridgehead atoms. The Morgan fingerprint density at radius 3 is 1.25 bits per heavy atom. The van der Waals surface area contributed by atoms with Crippen LogP contribution in [0.1, 0.15) is 0 Å². The second-order valence-corrected chi connectivity index (χ2v) is 0. The third-order valence-corrected chi connectivity index (χ3v) is 0. The molecule has 0 fully saturated rings. The summed E-state index contributed by atoms with van der Waals surface area (Å²) in [6, 6.07) is 0. The van der Waals surface area contributed by atoms with Crippen LogP contribution in [-0.4, -0.2) is 32.7 Å². The summed E-state index contributed by atoms with van der Waals surface area (Å²) in [5.74, 6) is 0. The topological polar surface area (TPSA) is 48.6 Å². The van der Waals surface area contributed by atoms with Gasteiger partial charge in [0.15, 0.2) is 0 Å². The molecule has 0 atom stereocenters. The molecule has 0 saturated heterocycles. The first kappa shape index (κ1) is 24.4. The average Bonchev–Trinajstić information content (AvgIpc) is 1.00. The summed E-state index contributed by atoms with van der Waals surface area (Å²) in [4.78, 5) is 0. The van der Waals surface area contributed by atoms with E-state index < -0.39 is 0 Å². The van der Waals surface area contributed by atoms with Crippen molar-refractivity contribution in [2.75, 3.05) is 0 Å². The summed E-state index contributed by atoms with van der Waals surface area (Å²) in [5.41, 5.74) is 0. The van der Waals surface area contributed by atoms with Crippen LogP contribution < -0.4 is 0 Å². The van der Waals surface area contributed by atoms with Gasteiger partial charge >= 0.3 is 20.0 Å². The standard InChI is InChI=1S/Al.H2O.O.H4Si.H/h;1H2;;1H4;.